The largest absolute Gasteiger partial charge is 0.312 e. The SMILES string of the molecule is CNC(CSc1ccc(C)cc1)c1ccc(F)c(F)c1. The third kappa shape index (κ3) is 3.81. The van der Waals surface area contributed by atoms with Gasteiger partial charge in [0.25, 0.3) is 0 Å². The van der Waals surface area contributed by atoms with E-state index >= 15 is 0 Å². The lowest BCUT2D eigenvalue weighted by atomic mass is 10.1. The smallest absolute Gasteiger partial charge is 0.159 e. The van der Waals surface area contributed by atoms with Gasteiger partial charge >= 0.3 is 0 Å². The zero-order chi connectivity index (χ0) is 14.5. The van der Waals surface area contributed by atoms with Crippen molar-refractivity contribution in [2.45, 2.75) is 17.9 Å². The number of hydrogen-bond donors (Lipinski definition) is 1. The van der Waals surface area contributed by atoms with E-state index in [4.69, 9.17) is 0 Å². The number of aryl methyl sites for hydroxylation is 1. The predicted octanol–water partition coefficient (Wildman–Crippen LogP) is 4.33. The van der Waals surface area contributed by atoms with E-state index in [9.17, 15) is 8.78 Å². The number of nitrogens with one attached hydrogen (secondary N) is 1. The second-order valence-corrected chi connectivity index (χ2v) is 5.73. The van der Waals surface area contributed by atoms with Crippen molar-refractivity contribution in [2.75, 3.05) is 12.8 Å². The molecule has 2 aromatic rings. The van der Waals surface area contributed by atoms with Gasteiger partial charge in [0.15, 0.2) is 11.6 Å². The molecule has 0 heterocycles. The molecule has 0 radical (unpaired) electrons. The van der Waals surface area contributed by atoms with Crippen molar-refractivity contribution in [1.82, 2.24) is 5.32 Å². The van der Waals surface area contributed by atoms with Gasteiger partial charge in [-0.1, -0.05) is 23.8 Å². The molecule has 20 heavy (non-hydrogen) atoms. The van der Waals surface area contributed by atoms with Crippen LogP contribution in [0.1, 0.15) is 17.2 Å². The van der Waals surface area contributed by atoms with E-state index < -0.39 is 11.6 Å². The quantitative estimate of drug-likeness (QED) is 0.824. The lowest BCUT2D eigenvalue weighted by molar-refractivity contribution is 0.504. The Balaban J connectivity index is 2.05. The molecule has 0 saturated heterocycles. The molecule has 0 spiro atoms. The van der Waals surface area contributed by atoms with E-state index in [0.29, 0.717) is 0 Å². The molecule has 0 amide bonds. The number of benzene rings is 2. The Morgan fingerprint density at radius 2 is 1.75 bits per heavy atom. The van der Waals surface area contributed by atoms with Gasteiger partial charge < -0.3 is 5.32 Å². The highest BCUT2D eigenvalue weighted by molar-refractivity contribution is 7.99. The standard InChI is InChI=1S/C16H17F2NS/c1-11-3-6-13(7-4-11)20-10-16(19-2)12-5-8-14(17)15(18)9-12/h3-9,16,19H,10H2,1-2H3. The van der Waals surface area contributed by atoms with Crippen LogP contribution in [0, 0.1) is 18.6 Å². The molecule has 2 aromatic carbocycles. The van der Waals surface area contributed by atoms with E-state index in [1.807, 2.05) is 14.0 Å². The molecule has 1 atom stereocenters. The summed E-state index contributed by atoms with van der Waals surface area (Å²) in [4.78, 5) is 1.17. The number of hydrogen-bond acceptors (Lipinski definition) is 2. The Labute approximate surface area is 122 Å². The summed E-state index contributed by atoms with van der Waals surface area (Å²) in [6, 6.07) is 12.3. The Morgan fingerprint density at radius 3 is 2.35 bits per heavy atom. The fourth-order valence-electron chi connectivity index (χ4n) is 1.89. The lowest BCUT2D eigenvalue weighted by Gasteiger charge is -2.16. The van der Waals surface area contributed by atoms with E-state index in [0.717, 1.165) is 11.3 Å². The average molecular weight is 293 g/mol. The third-order valence-corrected chi connectivity index (χ3v) is 4.24. The maximum Gasteiger partial charge on any atom is 0.159 e. The van der Waals surface area contributed by atoms with Gasteiger partial charge in [-0.3, -0.25) is 0 Å². The fourth-order valence-corrected chi connectivity index (χ4v) is 2.94. The van der Waals surface area contributed by atoms with Crippen LogP contribution >= 0.6 is 11.8 Å². The predicted molar refractivity (Wildman–Crippen MR) is 80.1 cm³/mol. The second kappa shape index (κ2) is 6.86. The molecule has 0 aromatic heterocycles. The van der Waals surface area contributed by atoms with Gasteiger partial charge in [-0.2, -0.15) is 0 Å². The normalized spacial score (nSPS) is 12.4. The maximum atomic E-state index is 13.3. The summed E-state index contributed by atoms with van der Waals surface area (Å²) in [5.41, 5.74) is 1.98. The molecular formula is C16H17F2NS. The first kappa shape index (κ1) is 15.0. The minimum Gasteiger partial charge on any atom is -0.312 e. The van der Waals surface area contributed by atoms with Gasteiger partial charge in [-0.25, -0.2) is 8.78 Å². The fraction of sp³-hybridized carbons (Fsp3) is 0.250. The van der Waals surface area contributed by atoms with Crippen molar-refractivity contribution < 1.29 is 8.78 Å². The summed E-state index contributed by atoms with van der Waals surface area (Å²) in [7, 11) is 1.82. The highest BCUT2D eigenvalue weighted by Gasteiger charge is 2.12. The molecule has 0 bridgehead atoms. The Hall–Kier alpha value is -1.39. The molecule has 0 aliphatic rings. The van der Waals surface area contributed by atoms with Crippen LogP contribution in [-0.4, -0.2) is 12.8 Å². The van der Waals surface area contributed by atoms with E-state index in [1.54, 1.807) is 17.8 Å². The van der Waals surface area contributed by atoms with Gasteiger partial charge in [0, 0.05) is 16.7 Å². The van der Waals surface area contributed by atoms with Crippen molar-refractivity contribution >= 4 is 11.8 Å². The molecule has 2 rings (SSSR count). The molecule has 0 aliphatic carbocycles. The highest BCUT2D eigenvalue weighted by atomic mass is 32.2. The summed E-state index contributed by atoms with van der Waals surface area (Å²) in [6.07, 6.45) is 0. The van der Waals surface area contributed by atoms with Crippen LogP contribution in [-0.2, 0) is 0 Å². The monoisotopic (exact) mass is 293 g/mol. The van der Waals surface area contributed by atoms with E-state index in [1.165, 1.54) is 22.6 Å². The molecule has 106 valence electrons. The first-order valence-electron chi connectivity index (χ1n) is 6.42. The van der Waals surface area contributed by atoms with Crippen molar-refractivity contribution in [1.29, 1.82) is 0 Å². The zero-order valence-electron chi connectivity index (χ0n) is 11.5. The van der Waals surface area contributed by atoms with Gasteiger partial charge in [0.05, 0.1) is 0 Å². The van der Waals surface area contributed by atoms with Crippen LogP contribution in [0.3, 0.4) is 0 Å². The third-order valence-electron chi connectivity index (χ3n) is 3.13. The molecule has 0 fully saturated rings. The summed E-state index contributed by atoms with van der Waals surface area (Å²) >= 11 is 1.69. The lowest BCUT2D eigenvalue weighted by Crippen LogP contribution is -2.19. The van der Waals surface area contributed by atoms with Crippen molar-refractivity contribution in [2.24, 2.45) is 0 Å². The summed E-state index contributed by atoms with van der Waals surface area (Å²) in [5.74, 6) is -0.858. The highest BCUT2D eigenvalue weighted by Crippen LogP contribution is 2.25. The van der Waals surface area contributed by atoms with Crippen molar-refractivity contribution in [3.05, 3.63) is 65.2 Å². The van der Waals surface area contributed by atoms with Crippen LogP contribution < -0.4 is 5.32 Å². The van der Waals surface area contributed by atoms with Crippen LogP contribution in [0.25, 0.3) is 0 Å². The number of thioether (sulfide) groups is 1. The summed E-state index contributed by atoms with van der Waals surface area (Å²) in [6.45, 7) is 2.05. The Kier molecular flexibility index (Phi) is 5.15. The van der Waals surface area contributed by atoms with Crippen molar-refractivity contribution in [3.63, 3.8) is 0 Å². The molecule has 4 heteroatoms. The molecule has 1 unspecified atom stereocenters. The zero-order valence-corrected chi connectivity index (χ0v) is 12.3. The molecule has 1 N–H and O–H groups in total. The van der Waals surface area contributed by atoms with Crippen LogP contribution in [0.4, 0.5) is 8.78 Å². The first-order valence-corrected chi connectivity index (χ1v) is 7.40. The maximum absolute atomic E-state index is 13.3. The van der Waals surface area contributed by atoms with Gasteiger partial charge in [0.2, 0.25) is 0 Å². The molecule has 0 aliphatic heterocycles. The Morgan fingerprint density at radius 1 is 1.05 bits per heavy atom. The van der Waals surface area contributed by atoms with Gasteiger partial charge in [-0.15, -0.1) is 11.8 Å². The summed E-state index contributed by atoms with van der Waals surface area (Å²) in [5, 5.41) is 3.14. The average Bonchev–Trinajstić information content (AvgIpc) is 2.45. The molecule has 1 nitrogen and oxygen atoms in total. The molecule has 0 saturated carbocycles. The van der Waals surface area contributed by atoms with Crippen molar-refractivity contribution in [3.8, 4) is 0 Å². The van der Waals surface area contributed by atoms with E-state index in [-0.39, 0.29) is 6.04 Å². The second-order valence-electron chi connectivity index (χ2n) is 4.64. The van der Waals surface area contributed by atoms with Gasteiger partial charge in [-0.05, 0) is 43.8 Å². The first-order chi connectivity index (χ1) is 9.60. The summed E-state index contributed by atoms with van der Waals surface area (Å²) < 4.78 is 26.2. The molecular weight excluding hydrogens is 276 g/mol. The van der Waals surface area contributed by atoms with Gasteiger partial charge in [0.1, 0.15) is 0 Å². The van der Waals surface area contributed by atoms with E-state index in [2.05, 4.69) is 29.6 Å². The minimum absolute atomic E-state index is 0.0172. The van der Waals surface area contributed by atoms with Crippen LogP contribution in [0.15, 0.2) is 47.4 Å². The van der Waals surface area contributed by atoms with Crippen LogP contribution in [0.5, 0.6) is 0 Å². The Bertz CT molecular complexity index is 569. The topological polar surface area (TPSA) is 12.0 Å². The minimum atomic E-state index is -0.810. The van der Waals surface area contributed by atoms with Crippen LogP contribution in [0.2, 0.25) is 0 Å². The number of halogens is 2. The number of rotatable bonds is 5.